The second-order valence-corrected chi connectivity index (χ2v) is 4.52. The van der Waals surface area contributed by atoms with Crippen LogP contribution in [0.4, 0.5) is 14.5 Å². The summed E-state index contributed by atoms with van der Waals surface area (Å²) in [5.74, 6) is -0.249. The van der Waals surface area contributed by atoms with Crippen molar-refractivity contribution in [1.29, 1.82) is 0 Å². The summed E-state index contributed by atoms with van der Waals surface area (Å²) in [6.45, 7) is -0.628. The summed E-state index contributed by atoms with van der Waals surface area (Å²) < 4.78 is 29.1. The van der Waals surface area contributed by atoms with E-state index < -0.39 is 13.0 Å². The third-order valence-corrected chi connectivity index (χ3v) is 2.50. The Kier molecular flexibility index (Phi) is 6.35. The van der Waals surface area contributed by atoms with E-state index in [-0.39, 0.29) is 18.9 Å². The normalized spacial score (nSPS) is 10.6. The van der Waals surface area contributed by atoms with E-state index in [1.165, 1.54) is 0 Å². The highest BCUT2D eigenvalue weighted by Crippen LogP contribution is 2.12. The Morgan fingerprint density at radius 1 is 1.47 bits per heavy atom. The zero-order valence-corrected chi connectivity index (χ0v) is 11.1. The van der Waals surface area contributed by atoms with E-state index in [9.17, 15) is 13.6 Å². The molecule has 0 heterocycles. The number of anilines is 1. The van der Waals surface area contributed by atoms with Gasteiger partial charge in [-0.1, -0.05) is 6.07 Å². The van der Waals surface area contributed by atoms with E-state index in [0.717, 1.165) is 3.57 Å². The lowest BCUT2D eigenvalue weighted by atomic mass is 10.3. The number of carbonyl (C=O) groups is 1. The molecular weight excluding hydrogens is 343 g/mol. The van der Waals surface area contributed by atoms with Gasteiger partial charge in [0.05, 0.1) is 13.0 Å². The van der Waals surface area contributed by atoms with Crippen LogP contribution in [0.1, 0.15) is 6.42 Å². The molecular formula is C11H12F2INO2. The molecule has 0 saturated heterocycles. The Hall–Kier alpha value is -0.760. The van der Waals surface area contributed by atoms with E-state index in [1.54, 1.807) is 6.07 Å². The zero-order valence-electron chi connectivity index (χ0n) is 8.96. The van der Waals surface area contributed by atoms with Gasteiger partial charge in [-0.2, -0.15) is 0 Å². The van der Waals surface area contributed by atoms with E-state index in [0.29, 0.717) is 5.69 Å². The number of nitrogens with one attached hydrogen (secondary N) is 1. The maximum absolute atomic E-state index is 11.7. The van der Waals surface area contributed by atoms with Crippen molar-refractivity contribution in [1.82, 2.24) is 0 Å². The van der Waals surface area contributed by atoms with Crippen LogP contribution in [-0.4, -0.2) is 25.5 Å². The quantitative estimate of drug-likeness (QED) is 0.630. The average Bonchev–Trinajstić information content (AvgIpc) is 2.24. The lowest BCUT2D eigenvalue weighted by Gasteiger charge is -2.06. The topological polar surface area (TPSA) is 38.3 Å². The standard InChI is InChI=1S/C11H12F2INO2/c12-10(13)7-17-5-4-11(16)15-9-3-1-2-8(14)6-9/h1-3,6,10H,4-5,7H2,(H,15,16). The summed E-state index contributed by atoms with van der Waals surface area (Å²) in [5.41, 5.74) is 0.691. The molecule has 0 aromatic heterocycles. The molecule has 1 N–H and O–H groups in total. The Labute approximate surface area is 112 Å². The first-order chi connectivity index (χ1) is 8.08. The molecule has 0 saturated carbocycles. The SMILES string of the molecule is O=C(CCOCC(F)F)Nc1cccc(I)c1. The van der Waals surface area contributed by atoms with Crippen LogP contribution < -0.4 is 5.32 Å². The van der Waals surface area contributed by atoms with E-state index in [1.807, 2.05) is 18.2 Å². The van der Waals surface area contributed by atoms with Crippen molar-refractivity contribution in [2.24, 2.45) is 0 Å². The number of hydrogen-bond acceptors (Lipinski definition) is 2. The number of carbonyl (C=O) groups excluding carboxylic acids is 1. The van der Waals surface area contributed by atoms with Gasteiger partial charge in [-0.05, 0) is 40.8 Å². The molecule has 1 rings (SSSR count). The van der Waals surface area contributed by atoms with Crippen LogP contribution in [0.2, 0.25) is 0 Å². The second-order valence-electron chi connectivity index (χ2n) is 3.27. The van der Waals surface area contributed by atoms with Gasteiger partial charge in [-0.15, -0.1) is 0 Å². The number of alkyl halides is 2. The Balaban J connectivity index is 2.25. The predicted octanol–water partition coefficient (Wildman–Crippen LogP) is 2.90. The van der Waals surface area contributed by atoms with Gasteiger partial charge in [0.2, 0.25) is 5.91 Å². The number of benzene rings is 1. The number of hydrogen-bond donors (Lipinski definition) is 1. The van der Waals surface area contributed by atoms with Crippen LogP contribution in [0.3, 0.4) is 0 Å². The van der Waals surface area contributed by atoms with Gasteiger partial charge in [-0.25, -0.2) is 8.78 Å². The molecule has 0 aliphatic rings. The van der Waals surface area contributed by atoms with Gasteiger partial charge in [0.1, 0.15) is 6.61 Å². The summed E-state index contributed by atoms with van der Waals surface area (Å²) in [6.07, 6.45) is -2.42. The molecule has 94 valence electrons. The lowest BCUT2D eigenvalue weighted by molar-refractivity contribution is -0.117. The highest BCUT2D eigenvalue weighted by molar-refractivity contribution is 14.1. The van der Waals surface area contributed by atoms with Gasteiger partial charge in [0.15, 0.2) is 0 Å². The molecule has 3 nitrogen and oxygen atoms in total. The predicted molar refractivity (Wildman–Crippen MR) is 69.2 cm³/mol. The maximum Gasteiger partial charge on any atom is 0.261 e. The number of halogens is 3. The van der Waals surface area contributed by atoms with Crippen LogP contribution in [0, 0.1) is 3.57 Å². The Morgan fingerprint density at radius 3 is 2.88 bits per heavy atom. The van der Waals surface area contributed by atoms with Crippen molar-refractivity contribution in [3.05, 3.63) is 27.8 Å². The van der Waals surface area contributed by atoms with Gasteiger partial charge < -0.3 is 10.1 Å². The van der Waals surface area contributed by atoms with E-state index >= 15 is 0 Å². The minimum Gasteiger partial charge on any atom is -0.375 e. The smallest absolute Gasteiger partial charge is 0.261 e. The molecule has 0 aliphatic carbocycles. The highest BCUT2D eigenvalue weighted by atomic mass is 127. The summed E-state index contributed by atoms with van der Waals surface area (Å²) in [7, 11) is 0. The lowest BCUT2D eigenvalue weighted by Crippen LogP contribution is -2.15. The first kappa shape index (κ1) is 14.3. The van der Waals surface area contributed by atoms with Crippen LogP contribution in [0.15, 0.2) is 24.3 Å². The third kappa shape index (κ3) is 6.52. The van der Waals surface area contributed by atoms with Gasteiger partial charge >= 0.3 is 0 Å². The van der Waals surface area contributed by atoms with Gasteiger partial charge in [0.25, 0.3) is 6.43 Å². The van der Waals surface area contributed by atoms with Crippen LogP contribution in [-0.2, 0) is 9.53 Å². The molecule has 1 aromatic rings. The molecule has 0 unspecified atom stereocenters. The molecule has 0 bridgehead atoms. The van der Waals surface area contributed by atoms with E-state index in [4.69, 9.17) is 0 Å². The number of rotatable bonds is 6. The summed E-state index contributed by atoms with van der Waals surface area (Å²) in [5, 5.41) is 2.66. The van der Waals surface area contributed by atoms with E-state index in [2.05, 4.69) is 32.6 Å². The van der Waals surface area contributed by atoms with Crippen molar-refractivity contribution in [3.63, 3.8) is 0 Å². The summed E-state index contributed by atoms with van der Waals surface area (Å²) >= 11 is 2.13. The fraction of sp³-hybridized carbons (Fsp3) is 0.364. The number of amides is 1. The van der Waals surface area contributed by atoms with Gasteiger partial charge in [-0.3, -0.25) is 4.79 Å². The Morgan fingerprint density at radius 2 is 2.24 bits per heavy atom. The first-order valence-corrected chi connectivity index (χ1v) is 6.07. The molecule has 0 fully saturated rings. The second kappa shape index (κ2) is 7.54. The maximum atomic E-state index is 11.7. The molecule has 17 heavy (non-hydrogen) atoms. The average molecular weight is 355 g/mol. The molecule has 0 atom stereocenters. The fourth-order valence-electron chi connectivity index (χ4n) is 1.13. The molecule has 0 radical (unpaired) electrons. The van der Waals surface area contributed by atoms with Crippen molar-refractivity contribution in [2.45, 2.75) is 12.8 Å². The van der Waals surface area contributed by atoms with Gasteiger partial charge in [0, 0.05) is 9.26 Å². The molecule has 1 amide bonds. The third-order valence-electron chi connectivity index (χ3n) is 1.83. The van der Waals surface area contributed by atoms with Crippen molar-refractivity contribution < 1.29 is 18.3 Å². The van der Waals surface area contributed by atoms with Crippen molar-refractivity contribution in [3.8, 4) is 0 Å². The highest BCUT2D eigenvalue weighted by Gasteiger charge is 2.05. The van der Waals surface area contributed by atoms with Crippen molar-refractivity contribution in [2.75, 3.05) is 18.5 Å². The molecule has 1 aromatic carbocycles. The largest absolute Gasteiger partial charge is 0.375 e. The number of ether oxygens (including phenoxy) is 1. The first-order valence-electron chi connectivity index (χ1n) is 4.99. The van der Waals surface area contributed by atoms with Crippen LogP contribution >= 0.6 is 22.6 Å². The molecule has 6 heteroatoms. The van der Waals surface area contributed by atoms with Crippen molar-refractivity contribution >= 4 is 34.2 Å². The minimum absolute atomic E-state index is 0.0000983. The summed E-state index contributed by atoms with van der Waals surface area (Å²) in [6, 6.07) is 7.31. The summed E-state index contributed by atoms with van der Waals surface area (Å²) in [4.78, 5) is 11.4. The monoisotopic (exact) mass is 355 g/mol. The molecule has 0 spiro atoms. The van der Waals surface area contributed by atoms with Crippen LogP contribution in [0.25, 0.3) is 0 Å². The molecule has 0 aliphatic heterocycles. The Bertz CT molecular complexity index is 374. The fourth-order valence-corrected chi connectivity index (χ4v) is 1.67. The van der Waals surface area contributed by atoms with Crippen LogP contribution in [0.5, 0.6) is 0 Å². The zero-order chi connectivity index (χ0) is 12.7. The minimum atomic E-state index is -2.49.